The minimum absolute atomic E-state index is 0.000611. The van der Waals surface area contributed by atoms with Crippen LogP contribution in [0.4, 0.5) is 5.95 Å². The second-order valence-electron chi connectivity index (χ2n) is 12.3. The van der Waals surface area contributed by atoms with Crippen molar-refractivity contribution in [1.29, 1.82) is 0 Å². The first-order chi connectivity index (χ1) is 17.7. The maximum absolute atomic E-state index is 13.8. The van der Waals surface area contributed by atoms with Gasteiger partial charge in [0.15, 0.2) is 11.6 Å². The normalized spacial score (nSPS) is 41.6. The molecular formula is C29H38N4O4. The lowest BCUT2D eigenvalue weighted by molar-refractivity contribution is -0.177. The number of hydrogen-bond acceptors (Lipinski definition) is 8. The number of hydrogen-bond donors (Lipinski definition) is 2. The summed E-state index contributed by atoms with van der Waals surface area (Å²) in [5.41, 5.74) is -1.31. The molecule has 0 radical (unpaired) electrons. The van der Waals surface area contributed by atoms with Crippen LogP contribution >= 0.6 is 0 Å². The molecule has 2 heterocycles. The molecule has 0 spiro atoms. The molecule has 4 aliphatic carbocycles. The molecular weight excluding hydrogens is 468 g/mol. The molecule has 8 nitrogen and oxygen atoms in total. The summed E-state index contributed by atoms with van der Waals surface area (Å²) in [6, 6.07) is 1.80. The zero-order chi connectivity index (χ0) is 26.0. The van der Waals surface area contributed by atoms with Crippen molar-refractivity contribution in [3.63, 3.8) is 0 Å². The highest BCUT2D eigenvalue weighted by molar-refractivity contribution is 6.01. The largest absolute Gasteiger partial charge is 0.393 e. The number of ketones is 2. The smallest absolute Gasteiger partial charge is 0.225 e. The fourth-order valence-corrected chi connectivity index (χ4v) is 8.68. The maximum Gasteiger partial charge on any atom is 0.225 e. The lowest BCUT2D eigenvalue weighted by Gasteiger charge is -2.59. The van der Waals surface area contributed by atoms with Crippen LogP contribution in [0.15, 0.2) is 42.3 Å². The van der Waals surface area contributed by atoms with Gasteiger partial charge in [-0.3, -0.25) is 14.5 Å². The topological polar surface area (TPSA) is 107 Å². The highest BCUT2D eigenvalue weighted by Crippen LogP contribution is 2.67. The predicted octanol–water partition coefficient (Wildman–Crippen LogP) is 2.18. The summed E-state index contributed by atoms with van der Waals surface area (Å²) in [5.74, 6) is 1.01. The van der Waals surface area contributed by atoms with Crippen LogP contribution in [0.2, 0.25) is 0 Å². The number of aliphatic hydroxyl groups is 2. The molecule has 4 fully saturated rings. The van der Waals surface area contributed by atoms with Crippen molar-refractivity contribution in [2.45, 2.75) is 57.7 Å². The summed E-state index contributed by atoms with van der Waals surface area (Å²) in [5, 5.41) is 23.6. The second kappa shape index (κ2) is 8.82. The number of piperazine rings is 1. The summed E-state index contributed by atoms with van der Waals surface area (Å²) < 4.78 is 0. The number of fused-ring (bicyclic) bond motifs is 5. The molecule has 6 unspecified atom stereocenters. The number of aromatic nitrogens is 2. The molecule has 0 bridgehead atoms. The van der Waals surface area contributed by atoms with Gasteiger partial charge in [0.05, 0.1) is 12.6 Å². The molecule has 0 amide bonds. The molecule has 2 N–H and O–H groups in total. The van der Waals surface area contributed by atoms with E-state index in [1.807, 2.05) is 13.0 Å². The Labute approximate surface area is 218 Å². The van der Waals surface area contributed by atoms with Crippen LogP contribution in [0.3, 0.4) is 0 Å². The first kappa shape index (κ1) is 24.9. The fourth-order valence-electron chi connectivity index (χ4n) is 8.68. The molecule has 8 heteroatoms. The molecule has 5 aliphatic rings. The molecule has 1 aromatic rings. The highest BCUT2D eigenvalue weighted by atomic mass is 16.3. The lowest BCUT2D eigenvalue weighted by Crippen LogP contribution is -2.62. The standard InChI is InChI=1S/C29H38N4O4/c1-27-8-6-20(34)16-19(27)4-5-21-22-7-9-29(37,28(22,2)17-23(35)25(21)27)24(36)18-32-12-14-33(15-13-32)26-30-10-3-11-31-26/h3,6,8,10-11,16,21-23,25,35,37H,4-5,7,9,12-15,17-18H2,1-2H3/t21?,22?,23?,25?,27?,28?,29-/m0/s1. The van der Waals surface area contributed by atoms with Gasteiger partial charge in [-0.1, -0.05) is 25.5 Å². The van der Waals surface area contributed by atoms with E-state index in [1.54, 1.807) is 30.6 Å². The Morgan fingerprint density at radius 2 is 1.86 bits per heavy atom. The van der Waals surface area contributed by atoms with Gasteiger partial charge in [0, 0.05) is 55.3 Å². The number of carbonyl (C=O) groups is 2. The van der Waals surface area contributed by atoms with Gasteiger partial charge < -0.3 is 15.1 Å². The monoisotopic (exact) mass is 506 g/mol. The average Bonchev–Trinajstić information content (AvgIpc) is 3.16. The number of allylic oxidation sites excluding steroid dienone is 4. The number of nitrogens with zero attached hydrogens (tertiary/aromatic N) is 4. The minimum Gasteiger partial charge on any atom is -0.393 e. The predicted molar refractivity (Wildman–Crippen MR) is 139 cm³/mol. The Morgan fingerprint density at radius 3 is 2.59 bits per heavy atom. The van der Waals surface area contributed by atoms with E-state index in [-0.39, 0.29) is 41.3 Å². The van der Waals surface area contributed by atoms with Crippen molar-refractivity contribution in [3.05, 3.63) is 42.3 Å². The van der Waals surface area contributed by atoms with Crippen LogP contribution in [-0.2, 0) is 9.59 Å². The van der Waals surface area contributed by atoms with E-state index in [0.717, 1.165) is 37.9 Å². The first-order valence-electron chi connectivity index (χ1n) is 13.8. The van der Waals surface area contributed by atoms with E-state index in [9.17, 15) is 19.8 Å². The molecule has 37 heavy (non-hydrogen) atoms. The van der Waals surface area contributed by atoms with Crippen LogP contribution in [0.5, 0.6) is 0 Å². The molecule has 7 atom stereocenters. The zero-order valence-electron chi connectivity index (χ0n) is 21.8. The number of aliphatic hydroxyl groups excluding tert-OH is 1. The van der Waals surface area contributed by atoms with E-state index in [1.165, 1.54) is 0 Å². The average molecular weight is 507 g/mol. The number of carbonyl (C=O) groups excluding carboxylic acids is 2. The number of Topliss-reactive ketones (excluding diaryl/α,β-unsaturated/α-hetero) is 1. The summed E-state index contributed by atoms with van der Waals surface area (Å²) in [4.78, 5) is 38.7. The molecule has 1 aliphatic heterocycles. The third-order valence-electron chi connectivity index (χ3n) is 10.7. The Hall–Kier alpha value is -2.42. The van der Waals surface area contributed by atoms with Crippen LogP contribution in [0, 0.1) is 28.6 Å². The van der Waals surface area contributed by atoms with E-state index < -0.39 is 17.1 Å². The van der Waals surface area contributed by atoms with E-state index in [0.29, 0.717) is 31.9 Å². The SMILES string of the molecule is CC12C=CC(=O)C=C1CCC1C2C(O)CC2(C)C1CC[C@]2(O)C(=O)CN1CCN(c2ncccn2)CC1. The van der Waals surface area contributed by atoms with E-state index in [2.05, 4.69) is 26.7 Å². The van der Waals surface area contributed by atoms with Crippen LogP contribution in [0.25, 0.3) is 0 Å². The van der Waals surface area contributed by atoms with E-state index in [4.69, 9.17) is 0 Å². The zero-order valence-corrected chi connectivity index (χ0v) is 21.8. The van der Waals surface area contributed by atoms with Crippen molar-refractivity contribution in [2.24, 2.45) is 28.6 Å². The van der Waals surface area contributed by atoms with Crippen LogP contribution < -0.4 is 4.90 Å². The van der Waals surface area contributed by atoms with Gasteiger partial charge in [-0.2, -0.15) is 0 Å². The van der Waals surface area contributed by atoms with Crippen LogP contribution in [0.1, 0.15) is 46.0 Å². The van der Waals surface area contributed by atoms with Gasteiger partial charge in [-0.25, -0.2) is 9.97 Å². The van der Waals surface area contributed by atoms with Gasteiger partial charge in [0.1, 0.15) is 5.60 Å². The van der Waals surface area contributed by atoms with Crippen molar-refractivity contribution >= 4 is 17.5 Å². The van der Waals surface area contributed by atoms with E-state index >= 15 is 0 Å². The van der Waals surface area contributed by atoms with Gasteiger partial charge in [-0.15, -0.1) is 0 Å². The van der Waals surface area contributed by atoms with Crippen LogP contribution in [-0.4, -0.2) is 81.1 Å². The molecule has 1 saturated heterocycles. The molecule has 0 aromatic carbocycles. The summed E-state index contributed by atoms with van der Waals surface area (Å²) in [6.45, 7) is 7.32. The summed E-state index contributed by atoms with van der Waals surface area (Å²) in [6.07, 6.45) is 11.6. The van der Waals surface area contributed by atoms with Gasteiger partial charge in [0.25, 0.3) is 0 Å². The molecule has 3 saturated carbocycles. The molecule has 1 aromatic heterocycles. The number of rotatable bonds is 4. The Kier molecular flexibility index (Phi) is 5.93. The Morgan fingerprint density at radius 1 is 1.14 bits per heavy atom. The fraction of sp³-hybridized carbons (Fsp3) is 0.655. The van der Waals surface area contributed by atoms with Crippen molar-refractivity contribution in [3.8, 4) is 0 Å². The first-order valence-corrected chi connectivity index (χ1v) is 13.8. The number of anilines is 1. The maximum atomic E-state index is 13.8. The third kappa shape index (κ3) is 3.74. The second-order valence-corrected chi connectivity index (χ2v) is 12.3. The Balaban J connectivity index is 1.17. The Bertz CT molecular complexity index is 1150. The summed E-state index contributed by atoms with van der Waals surface area (Å²) in [7, 11) is 0. The van der Waals surface area contributed by atoms with Crippen molar-refractivity contribution in [1.82, 2.24) is 14.9 Å². The minimum atomic E-state index is -1.43. The molecule has 6 rings (SSSR count). The van der Waals surface area contributed by atoms with Gasteiger partial charge in [0.2, 0.25) is 5.95 Å². The molecule has 198 valence electrons. The van der Waals surface area contributed by atoms with Crippen molar-refractivity contribution < 1.29 is 19.8 Å². The van der Waals surface area contributed by atoms with Crippen molar-refractivity contribution in [2.75, 3.05) is 37.6 Å². The quantitative estimate of drug-likeness (QED) is 0.640. The van der Waals surface area contributed by atoms with Gasteiger partial charge in [-0.05, 0) is 62.2 Å². The third-order valence-corrected chi connectivity index (χ3v) is 10.7. The summed E-state index contributed by atoms with van der Waals surface area (Å²) >= 11 is 0. The highest BCUT2D eigenvalue weighted by Gasteiger charge is 2.68. The lowest BCUT2D eigenvalue weighted by atomic mass is 9.46. The van der Waals surface area contributed by atoms with Gasteiger partial charge >= 0.3 is 0 Å².